The van der Waals surface area contributed by atoms with Gasteiger partial charge < -0.3 is 9.47 Å². The largest absolute Gasteiger partial charge is 0.309 e. The lowest BCUT2D eigenvalue weighted by atomic mass is 9.80. The fraction of sp³-hybridized carbons (Fsp3) is 0.0462. The molecule has 0 radical (unpaired) electrons. The topological polar surface area (TPSA) is 8.17 Å². The van der Waals surface area contributed by atoms with Crippen molar-refractivity contribution in [3.05, 3.63) is 253 Å². The molecule has 1 aromatic heterocycles. The molecule has 0 fully saturated rings. The maximum Gasteiger partial charge on any atom is 0.0618 e. The van der Waals surface area contributed by atoms with Crippen LogP contribution in [0, 0.1) is 6.92 Å². The van der Waals surface area contributed by atoms with E-state index < -0.39 is 0 Å². The van der Waals surface area contributed by atoms with Gasteiger partial charge in [-0.3, -0.25) is 0 Å². The number of rotatable bonds is 7. The summed E-state index contributed by atoms with van der Waals surface area (Å²) in [5.41, 5.74) is 16.0. The van der Waals surface area contributed by atoms with Gasteiger partial charge in [-0.25, -0.2) is 0 Å². The normalized spacial score (nSPS) is 12.9. The van der Waals surface area contributed by atoms with E-state index in [-0.39, 0.29) is 0 Å². The van der Waals surface area contributed by atoms with Gasteiger partial charge in [-0.2, -0.15) is 0 Å². The van der Waals surface area contributed by atoms with E-state index in [4.69, 9.17) is 0 Å². The Morgan fingerprint density at radius 2 is 0.851 bits per heavy atom. The van der Waals surface area contributed by atoms with Crippen LogP contribution in [-0.4, -0.2) is 4.57 Å². The van der Waals surface area contributed by atoms with E-state index in [9.17, 15) is 0 Å². The van der Waals surface area contributed by atoms with Crippen LogP contribution in [0.4, 0.5) is 17.1 Å². The lowest BCUT2D eigenvalue weighted by Gasteiger charge is -2.30. The SMILES string of the molecule is Cc1ccc2c(C3=CC(c4ccccc4)=CCC3)c3ccccc3c(-c3c4ccccc4c(N(c4ccccc4)c4ccc(-n5c6ccccc6c6ccccc65)cc4)c4ccccc34)c2c1. The molecule has 0 unspecified atom stereocenters. The van der Waals surface area contributed by atoms with Crippen LogP contribution in [0.25, 0.3) is 92.9 Å². The van der Waals surface area contributed by atoms with Crippen LogP contribution in [0.3, 0.4) is 0 Å². The highest BCUT2D eigenvalue weighted by atomic mass is 15.1. The maximum atomic E-state index is 2.47. The molecule has 0 bridgehead atoms. The first-order valence-electron chi connectivity index (χ1n) is 23.5. The Morgan fingerprint density at radius 3 is 1.46 bits per heavy atom. The van der Waals surface area contributed by atoms with Crippen molar-refractivity contribution in [3.63, 3.8) is 0 Å². The predicted molar refractivity (Wildman–Crippen MR) is 287 cm³/mol. The number of anilines is 3. The summed E-state index contributed by atoms with van der Waals surface area (Å²) < 4.78 is 2.40. The zero-order valence-electron chi connectivity index (χ0n) is 37.3. The second-order valence-electron chi connectivity index (χ2n) is 18.0. The van der Waals surface area contributed by atoms with Gasteiger partial charge >= 0.3 is 0 Å². The lowest BCUT2D eigenvalue weighted by molar-refractivity contribution is 1.06. The van der Waals surface area contributed by atoms with Gasteiger partial charge in [-0.1, -0.05) is 194 Å². The number of hydrogen-bond acceptors (Lipinski definition) is 1. The lowest BCUT2D eigenvalue weighted by Crippen LogP contribution is -2.11. The summed E-state index contributed by atoms with van der Waals surface area (Å²) in [4.78, 5) is 2.47. The molecule has 1 heterocycles. The van der Waals surface area contributed by atoms with E-state index in [1.54, 1.807) is 0 Å². The Kier molecular flexibility index (Phi) is 9.25. The van der Waals surface area contributed by atoms with E-state index in [1.807, 2.05) is 0 Å². The number of aromatic nitrogens is 1. The highest BCUT2D eigenvalue weighted by molar-refractivity contribution is 6.29. The molecule has 12 aromatic rings. The van der Waals surface area contributed by atoms with E-state index >= 15 is 0 Å². The molecular formula is C65H46N2. The third-order valence-corrected chi connectivity index (χ3v) is 14.1. The maximum absolute atomic E-state index is 2.47. The van der Waals surface area contributed by atoms with Crippen molar-refractivity contribution in [1.82, 2.24) is 4.57 Å². The van der Waals surface area contributed by atoms with Crippen LogP contribution in [0.2, 0.25) is 0 Å². The zero-order chi connectivity index (χ0) is 44.4. The number of fused-ring (bicyclic) bond motifs is 7. The van der Waals surface area contributed by atoms with Crippen molar-refractivity contribution in [2.24, 2.45) is 0 Å². The summed E-state index contributed by atoms with van der Waals surface area (Å²) in [6.07, 6.45) is 6.86. The Balaban J connectivity index is 1.06. The molecule has 0 aliphatic heterocycles. The van der Waals surface area contributed by atoms with E-state index in [0.29, 0.717) is 0 Å². The van der Waals surface area contributed by atoms with E-state index in [1.165, 1.54) is 110 Å². The van der Waals surface area contributed by atoms with Gasteiger partial charge in [0.2, 0.25) is 0 Å². The van der Waals surface area contributed by atoms with Gasteiger partial charge in [0.15, 0.2) is 0 Å². The molecule has 1 aliphatic rings. The Morgan fingerprint density at radius 1 is 0.388 bits per heavy atom. The summed E-state index contributed by atoms with van der Waals surface area (Å²) in [5, 5.41) is 12.5. The molecule has 0 amide bonds. The molecule has 0 atom stereocenters. The average molecular weight is 855 g/mol. The summed E-state index contributed by atoms with van der Waals surface area (Å²) in [5.74, 6) is 0. The summed E-state index contributed by atoms with van der Waals surface area (Å²) >= 11 is 0. The van der Waals surface area contributed by atoms with Crippen molar-refractivity contribution in [2.45, 2.75) is 19.8 Å². The first kappa shape index (κ1) is 39.0. The van der Waals surface area contributed by atoms with Crippen LogP contribution < -0.4 is 4.90 Å². The molecule has 316 valence electrons. The van der Waals surface area contributed by atoms with Crippen molar-refractivity contribution in [2.75, 3.05) is 4.90 Å². The van der Waals surface area contributed by atoms with Gasteiger partial charge in [-0.15, -0.1) is 0 Å². The number of hydrogen-bond donors (Lipinski definition) is 0. The van der Waals surface area contributed by atoms with Crippen LogP contribution in [0.1, 0.15) is 29.5 Å². The van der Waals surface area contributed by atoms with Crippen molar-refractivity contribution < 1.29 is 0 Å². The molecule has 1 aliphatic carbocycles. The van der Waals surface area contributed by atoms with Gasteiger partial charge in [0.05, 0.1) is 16.7 Å². The molecule has 0 saturated carbocycles. The third kappa shape index (κ3) is 6.32. The minimum atomic E-state index is 0.998. The van der Waals surface area contributed by atoms with Crippen LogP contribution >= 0.6 is 0 Å². The van der Waals surface area contributed by atoms with Gasteiger partial charge in [-0.05, 0) is 134 Å². The highest BCUT2D eigenvalue weighted by Crippen LogP contribution is 2.52. The number of allylic oxidation sites excluding steroid dienone is 4. The van der Waals surface area contributed by atoms with Gasteiger partial charge in [0.1, 0.15) is 0 Å². The monoisotopic (exact) mass is 854 g/mol. The van der Waals surface area contributed by atoms with Crippen molar-refractivity contribution in [1.29, 1.82) is 0 Å². The fourth-order valence-electron chi connectivity index (χ4n) is 11.2. The third-order valence-electron chi connectivity index (χ3n) is 14.1. The molecule has 0 saturated heterocycles. The standard InChI is InChI=1S/C65H46N2/c1-43-35-40-56-59(41-43)64(53-28-9-8-27-52(53)62(56)46-22-18-21-45(42-46)44-19-4-2-5-20-44)63-54-29-10-12-31-57(54)65(58-32-13-11-30-55(58)63)66(47-23-6-3-7-24-47)48-36-38-49(39-37-48)67-60-33-16-14-25-50(60)51-26-15-17-34-61(51)67/h2-17,19-21,23-42H,18,22H2,1H3. The van der Waals surface area contributed by atoms with Crippen LogP contribution in [0.15, 0.2) is 237 Å². The minimum absolute atomic E-state index is 0.998. The van der Waals surface area contributed by atoms with Crippen molar-refractivity contribution in [3.8, 4) is 16.8 Å². The van der Waals surface area contributed by atoms with E-state index in [2.05, 4.69) is 253 Å². The summed E-state index contributed by atoms with van der Waals surface area (Å²) in [6.45, 7) is 2.23. The molecule has 2 heteroatoms. The molecule has 2 nitrogen and oxygen atoms in total. The van der Waals surface area contributed by atoms with Crippen molar-refractivity contribution >= 4 is 93.1 Å². The summed E-state index contributed by atoms with van der Waals surface area (Å²) in [7, 11) is 0. The molecule has 0 spiro atoms. The predicted octanol–water partition coefficient (Wildman–Crippen LogP) is 18.1. The number of aryl methyl sites for hydroxylation is 1. The second-order valence-corrected chi connectivity index (χ2v) is 18.0. The summed E-state index contributed by atoms with van der Waals surface area (Å²) in [6, 6.07) is 82.8. The molecule has 67 heavy (non-hydrogen) atoms. The Bertz CT molecular complexity index is 3860. The smallest absolute Gasteiger partial charge is 0.0618 e. The molecule has 13 rings (SSSR count). The molecular weight excluding hydrogens is 809 g/mol. The Labute approximate surface area is 390 Å². The molecule has 0 N–H and O–H groups in total. The first-order valence-corrected chi connectivity index (χ1v) is 23.5. The van der Waals surface area contributed by atoms with Crippen LogP contribution in [-0.2, 0) is 0 Å². The van der Waals surface area contributed by atoms with E-state index in [0.717, 1.165) is 29.9 Å². The second kappa shape index (κ2) is 15.9. The zero-order valence-corrected chi connectivity index (χ0v) is 37.3. The fourth-order valence-corrected chi connectivity index (χ4v) is 11.2. The molecule has 11 aromatic carbocycles. The number of nitrogens with zero attached hydrogens (tertiary/aromatic N) is 2. The van der Waals surface area contributed by atoms with Gasteiger partial charge in [0, 0.05) is 38.6 Å². The van der Waals surface area contributed by atoms with Gasteiger partial charge in [0.25, 0.3) is 0 Å². The quantitative estimate of drug-likeness (QED) is 0.145. The Hall–Kier alpha value is -8.46. The average Bonchev–Trinajstić information content (AvgIpc) is 3.73. The number of benzene rings is 11. The van der Waals surface area contributed by atoms with Crippen LogP contribution in [0.5, 0.6) is 0 Å². The number of para-hydroxylation sites is 3. The minimum Gasteiger partial charge on any atom is -0.309 e. The highest BCUT2D eigenvalue weighted by Gasteiger charge is 2.26. The first-order chi connectivity index (χ1) is 33.2.